The van der Waals surface area contributed by atoms with Crippen LogP contribution in [0.15, 0.2) is 28.3 Å². The maximum atomic E-state index is 12.6. The van der Waals surface area contributed by atoms with Crippen molar-refractivity contribution in [3.05, 3.63) is 46.6 Å². The second-order valence-corrected chi connectivity index (χ2v) is 7.20. The molecule has 1 N–H and O–H groups in total. The van der Waals surface area contributed by atoms with Gasteiger partial charge in [0.05, 0.1) is 11.7 Å². The van der Waals surface area contributed by atoms with Crippen LogP contribution in [0.2, 0.25) is 0 Å². The standard InChI is InChI=1S/C19H26N4O2S/c1-5-16-14(11-22(6-2)7-3)10-17(25-16)18(24)20-13(4)15-12-23-8-9-26-19(23)21-15/h8-10,12-13H,5-7,11H2,1-4H3,(H,20,24)/t13-/m1/s1. The van der Waals surface area contributed by atoms with Crippen LogP contribution in [0.1, 0.15) is 61.3 Å². The molecule has 0 aliphatic rings. The topological polar surface area (TPSA) is 62.8 Å². The maximum absolute atomic E-state index is 12.6. The highest BCUT2D eigenvalue weighted by Gasteiger charge is 2.20. The van der Waals surface area contributed by atoms with Gasteiger partial charge in [-0.2, -0.15) is 0 Å². The largest absolute Gasteiger partial charge is 0.456 e. The van der Waals surface area contributed by atoms with Crippen LogP contribution in [0.3, 0.4) is 0 Å². The summed E-state index contributed by atoms with van der Waals surface area (Å²) in [5.74, 6) is 1.06. The van der Waals surface area contributed by atoms with Crippen molar-refractivity contribution >= 4 is 22.2 Å². The zero-order valence-electron chi connectivity index (χ0n) is 15.8. The second-order valence-electron chi connectivity index (χ2n) is 6.33. The molecule has 7 heteroatoms. The summed E-state index contributed by atoms with van der Waals surface area (Å²) >= 11 is 1.57. The van der Waals surface area contributed by atoms with Crippen LogP contribution in [0.25, 0.3) is 4.96 Å². The molecule has 1 atom stereocenters. The summed E-state index contributed by atoms with van der Waals surface area (Å²) in [5.41, 5.74) is 1.94. The Morgan fingerprint density at radius 3 is 2.81 bits per heavy atom. The van der Waals surface area contributed by atoms with E-state index >= 15 is 0 Å². The number of rotatable bonds is 8. The van der Waals surface area contributed by atoms with Crippen LogP contribution in [0.4, 0.5) is 0 Å². The number of furan rings is 1. The molecule has 0 saturated carbocycles. The van der Waals surface area contributed by atoms with Crippen LogP contribution >= 0.6 is 11.3 Å². The highest BCUT2D eigenvalue weighted by Crippen LogP contribution is 2.21. The van der Waals surface area contributed by atoms with Crippen molar-refractivity contribution in [2.45, 2.75) is 46.7 Å². The Morgan fingerprint density at radius 2 is 2.15 bits per heavy atom. The Kier molecular flexibility index (Phi) is 5.78. The lowest BCUT2D eigenvalue weighted by atomic mass is 10.2. The lowest BCUT2D eigenvalue weighted by Gasteiger charge is -2.17. The van der Waals surface area contributed by atoms with E-state index in [0.29, 0.717) is 5.76 Å². The summed E-state index contributed by atoms with van der Waals surface area (Å²) in [7, 11) is 0. The molecule has 0 aromatic carbocycles. The van der Waals surface area contributed by atoms with E-state index in [2.05, 4.69) is 29.0 Å². The number of fused-ring (bicyclic) bond motifs is 1. The van der Waals surface area contributed by atoms with Crippen molar-refractivity contribution in [1.29, 1.82) is 0 Å². The van der Waals surface area contributed by atoms with Gasteiger partial charge in [0.2, 0.25) is 0 Å². The van der Waals surface area contributed by atoms with Gasteiger partial charge in [0.25, 0.3) is 5.91 Å². The van der Waals surface area contributed by atoms with Crippen molar-refractivity contribution in [3.63, 3.8) is 0 Å². The van der Waals surface area contributed by atoms with Gasteiger partial charge < -0.3 is 9.73 Å². The molecule has 0 spiro atoms. The molecule has 0 aliphatic heterocycles. The molecule has 0 aliphatic carbocycles. The third-order valence-electron chi connectivity index (χ3n) is 4.63. The normalized spacial score (nSPS) is 12.8. The fraction of sp³-hybridized carbons (Fsp3) is 0.474. The van der Waals surface area contributed by atoms with E-state index in [-0.39, 0.29) is 11.9 Å². The SMILES string of the molecule is CCc1oc(C(=O)N[C@H](C)c2cn3ccsc3n2)cc1CN(CC)CC. The van der Waals surface area contributed by atoms with Crippen LogP contribution < -0.4 is 5.32 Å². The minimum atomic E-state index is -0.200. The number of carbonyl (C=O) groups is 1. The summed E-state index contributed by atoms with van der Waals surface area (Å²) in [6, 6.07) is 1.70. The van der Waals surface area contributed by atoms with Gasteiger partial charge in [-0.05, 0) is 26.1 Å². The molecule has 1 amide bonds. The summed E-state index contributed by atoms with van der Waals surface area (Å²) in [6.07, 6.45) is 4.68. The van der Waals surface area contributed by atoms with E-state index in [1.165, 1.54) is 0 Å². The van der Waals surface area contributed by atoms with Gasteiger partial charge in [-0.15, -0.1) is 11.3 Å². The third-order valence-corrected chi connectivity index (χ3v) is 5.40. The van der Waals surface area contributed by atoms with Crippen molar-refractivity contribution < 1.29 is 9.21 Å². The van der Waals surface area contributed by atoms with Crippen molar-refractivity contribution in [2.75, 3.05) is 13.1 Å². The highest BCUT2D eigenvalue weighted by molar-refractivity contribution is 7.15. The number of imidazole rings is 1. The van der Waals surface area contributed by atoms with E-state index in [4.69, 9.17) is 4.42 Å². The molecule has 0 saturated heterocycles. The van der Waals surface area contributed by atoms with Crippen LogP contribution in [0, 0.1) is 0 Å². The molecule has 0 unspecified atom stereocenters. The first-order valence-corrected chi connectivity index (χ1v) is 10.0. The second kappa shape index (κ2) is 8.05. The van der Waals surface area contributed by atoms with Gasteiger partial charge >= 0.3 is 0 Å². The molecule has 26 heavy (non-hydrogen) atoms. The fourth-order valence-corrected chi connectivity index (χ4v) is 3.70. The quantitative estimate of drug-likeness (QED) is 0.650. The summed E-state index contributed by atoms with van der Waals surface area (Å²) < 4.78 is 7.80. The average Bonchev–Trinajstić information content (AvgIpc) is 3.33. The molecular weight excluding hydrogens is 348 g/mol. The van der Waals surface area contributed by atoms with E-state index in [1.54, 1.807) is 11.3 Å². The monoisotopic (exact) mass is 374 g/mol. The van der Waals surface area contributed by atoms with Gasteiger partial charge in [0.1, 0.15) is 5.76 Å². The minimum absolute atomic E-state index is 0.184. The number of nitrogens with one attached hydrogen (secondary N) is 1. The number of aryl methyl sites for hydroxylation is 1. The fourth-order valence-electron chi connectivity index (χ4n) is 3.00. The molecule has 0 radical (unpaired) electrons. The smallest absolute Gasteiger partial charge is 0.287 e. The number of thiazole rings is 1. The van der Waals surface area contributed by atoms with Gasteiger partial charge in [-0.1, -0.05) is 20.8 Å². The predicted octanol–water partition coefficient (Wildman–Crippen LogP) is 3.88. The highest BCUT2D eigenvalue weighted by atomic mass is 32.1. The summed E-state index contributed by atoms with van der Waals surface area (Å²) in [5, 5.41) is 4.98. The van der Waals surface area contributed by atoms with E-state index in [0.717, 1.165) is 48.0 Å². The van der Waals surface area contributed by atoms with E-state index in [1.807, 2.05) is 42.1 Å². The average molecular weight is 375 g/mol. The number of amides is 1. The molecular formula is C19H26N4O2S. The molecule has 3 heterocycles. The zero-order chi connectivity index (χ0) is 18.7. The van der Waals surface area contributed by atoms with Crippen molar-refractivity contribution in [2.24, 2.45) is 0 Å². The molecule has 0 bridgehead atoms. The molecule has 0 fully saturated rings. The lowest BCUT2D eigenvalue weighted by Crippen LogP contribution is -2.26. The molecule has 3 aromatic rings. The minimum Gasteiger partial charge on any atom is -0.456 e. The Morgan fingerprint density at radius 1 is 1.38 bits per heavy atom. The number of carbonyl (C=O) groups excluding carboxylic acids is 1. The Labute approximate surface area is 157 Å². The summed E-state index contributed by atoms with van der Waals surface area (Å²) in [6.45, 7) is 11.0. The molecule has 6 nitrogen and oxygen atoms in total. The molecule has 140 valence electrons. The number of nitrogens with zero attached hydrogens (tertiary/aromatic N) is 3. The number of aromatic nitrogens is 2. The van der Waals surface area contributed by atoms with Gasteiger partial charge in [0, 0.05) is 36.3 Å². The van der Waals surface area contributed by atoms with Crippen LogP contribution in [-0.2, 0) is 13.0 Å². The van der Waals surface area contributed by atoms with Gasteiger partial charge in [-0.3, -0.25) is 14.1 Å². The maximum Gasteiger partial charge on any atom is 0.287 e. The van der Waals surface area contributed by atoms with Crippen LogP contribution in [0.5, 0.6) is 0 Å². The third kappa shape index (κ3) is 3.83. The Bertz CT molecular complexity index is 847. The number of hydrogen-bond acceptors (Lipinski definition) is 5. The van der Waals surface area contributed by atoms with Crippen molar-refractivity contribution in [1.82, 2.24) is 19.6 Å². The first kappa shape index (κ1) is 18.7. The first-order valence-electron chi connectivity index (χ1n) is 9.12. The zero-order valence-corrected chi connectivity index (χ0v) is 16.6. The number of hydrogen-bond donors (Lipinski definition) is 1. The van der Waals surface area contributed by atoms with E-state index in [9.17, 15) is 4.79 Å². The first-order chi connectivity index (χ1) is 12.5. The van der Waals surface area contributed by atoms with Gasteiger partial charge in [-0.25, -0.2) is 4.98 Å². The van der Waals surface area contributed by atoms with Crippen LogP contribution in [-0.4, -0.2) is 33.3 Å². The predicted molar refractivity (Wildman–Crippen MR) is 104 cm³/mol. The lowest BCUT2D eigenvalue weighted by molar-refractivity contribution is 0.0909. The Hall–Kier alpha value is -2.12. The van der Waals surface area contributed by atoms with E-state index < -0.39 is 0 Å². The van der Waals surface area contributed by atoms with Crippen molar-refractivity contribution in [3.8, 4) is 0 Å². The van der Waals surface area contributed by atoms with Gasteiger partial charge in [0.15, 0.2) is 10.7 Å². The molecule has 3 rings (SSSR count). The molecule has 3 aromatic heterocycles. The Balaban J connectivity index is 1.72. The summed E-state index contributed by atoms with van der Waals surface area (Å²) in [4.78, 5) is 20.4.